The second-order valence-corrected chi connectivity index (χ2v) is 4.85. The second-order valence-electron chi connectivity index (χ2n) is 4.85. The van der Waals surface area contributed by atoms with Crippen molar-refractivity contribution >= 4 is 7.85 Å². The fourth-order valence-corrected chi connectivity index (χ4v) is 1.95. The van der Waals surface area contributed by atoms with Crippen LogP contribution in [0.3, 0.4) is 0 Å². The smallest absolute Gasteiger partial charge is 0.0684 e. The third-order valence-corrected chi connectivity index (χ3v) is 1.75. The molecule has 1 heteroatoms. The van der Waals surface area contributed by atoms with Gasteiger partial charge in [0.2, 0.25) is 0 Å². The number of hydrogen-bond acceptors (Lipinski definition) is 0. The molecule has 0 unspecified atom stereocenters. The molecular weight excluding hydrogens is 131 g/mol. The molecule has 0 atom stereocenters. The summed E-state index contributed by atoms with van der Waals surface area (Å²) >= 11 is 0. The SMILES string of the molecule is [B]C(C)(CC(C)C)CC(C)C. The van der Waals surface area contributed by atoms with Crippen molar-refractivity contribution in [2.24, 2.45) is 11.8 Å². The molecule has 2 radical (unpaired) electrons. The van der Waals surface area contributed by atoms with Crippen molar-refractivity contribution in [1.29, 1.82) is 0 Å². The van der Waals surface area contributed by atoms with Crippen LogP contribution in [0.25, 0.3) is 0 Å². The molecular formula is C10H21B. The normalized spacial score (nSPS) is 13.0. The molecule has 0 nitrogen and oxygen atoms in total. The zero-order chi connectivity index (χ0) is 9.07. The fourth-order valence-electron chi connectivity index (χ4n) is 1.95. The van der Waals surface area contributed by atoms with Gasteiger partial charge in [-0.15, -0.1) is 0 Å². The second kappa shape index (κ2) is 4.18. The molecule has 0 heterocycles. The Bertz CT molecular complexity index is 91.4. The molecule has 0 aliphatic rings. The van der Waals surface area contributed by atoms with Crippen molar-refractivity contribution in [3.8, 4) is 0 Å². The Kier molecular flexibility index (Phi) is 4.21. The molecule has 0 saturated heterocycles. The van der Waals surface area contributed by atoms with Crippen LogP contribution in [0.1, 0.15) is 47.5 Å². The van der Waals surface area contributed by atoms with E-state index >= 15 is 0 Å². The minimum Gasteiger partial charge on any atom is -0.0684 e. The average Bonchev–Trinajstić information content (AvgIpc) is 1.53. The lowest BCUT2D eigenvalue weighted by Crippen LogP contribution is -2.14. The van der Waals surface area contributed by atoms with Gasteiger partial charge in [-0.1, -0.05) is 52.8 Å². The first-order valence-electron chi connectivity index (χ1n) is 4.62. The van der Waals surface area contributed by atoms with E-state index in [1.54, 1.807) is 0 Å². The highest BCUT2D eigenvalue weighted by molar-refractivity contribution is 6.14. The first-order valence-corrected chi connectivity index (χ1v) is 4.62. The Labute approximate surface area is 73.2 Å². The minimum atomic E-state index is 0.0440. The molecule has 0 aliphatic heterocycles. The van der Waals surface area contributed by atoms with Crippen LogP contribution in [0.15, 0.2) is 0 Å². The van der Waals surface area contributed by atoms with Gasteiger partial charge in [0.05, 0.1) is 7.85 Å². The topological polar surface area (TPSA) is 0 Å². The van der Waals surface area contributed by atoms with E-state index in [-0.39, 0.29) is 5.31 Å². The lowest BCUT2D eigenvalue weighted by atomic mass is 9.62. The summed E-state index contributed by atoms with van der Waals surface area (Å²) in [6, 6.07) is 0. The van der Waals surface area contributed by atoms with Gasteiger partial charge in [-0.3, -0.25) is 0 Å². The van der Waals surface area contributed by atoms with E-state index in [2.05, 4.69) is 34.6 Å². The molecule has 0 rings (SSSR count). The number of rotatable bonds is 4. The highest BCUT2D eigenvalue weighted by atomic mass is 14.2. The van der Waals surface area contributed by atoms with Crippen LogP contribution >= 0.6 is 0 Å². The van der Waals surface area contributed by atoms with Gasteiger partial charge in [0.15, 0.2) is 0 Å². The van der Waals surface area contributed by atoms with Crippen molar-refractivity contribution in [3.05, 3.63) is 0 Å². The zero-order valence-corrected chi connectivity index (χ0v) is 8.65. The summed E-state index contributed by atoms with van der Waals surface area (Å²) in [6.07, 6.45) is 2.26. The first-order chi connectivity index (χ1) is 4.83. The van der Waals surface area contributed by atoms with Gasteiger partial charge in [0.1, 0.15) is 0 Å². The van der Waals surface area contributed by atoms with Gasteiger partial charge in [-0.25, -0.2) is 0 Å². The van der Waals surface area contributed by atoms with Gasteiger partial charge in [0.25, 0.3) is 0 Å². The Balaban J connectivity index is 3.79. The van der Waals surface area contributed by atoms with E-state index in [0.717, 1.165) is 12.8 Å². The van der Waals surface area contributed by atoms with Crippen LogP contribution in [-0.4, -0.2) is 7.85 Å². The van der Waals surface area contributed by atoms with Crippen LogP contribution in [0, 0.1) is 11.8 Å². The fraction of sp³-hybridized carbons (Fsp3) is 1.00. The molecule has 64 valence electrons. The number of hydrogen-bond donors (Lipinski definition) is 0. The molecule has 0 amide bonds. The minimum absolute atomic E-state index is 0.0440. The average molecular weight is 152 g/mol. The van der Waals surface area contributed by atoms with Gasteiger partial charge in [0, 0.05) is 0 Å². The van der Waals surface area contributed by atoms with Crippen molar-refractivity contribution in [2.75, 3.05) is 0 Å². The maximum Gasteiger partial charge on any atom is 0.0742 e. The van der Waals surface area contributed by atoms with E-state index in [9.17, 15) is 0 Å². The standard InChI is InChI=1S/C10H21B/c1-8(2)6-10(5,11)7-9(3)4/h8-9H,6-7H2,1-5H3. The first kappa shape index (κ1) is 11.1. The summed E-state index contributed by atoms with van der Waals surface area (Å²) < 4.78 is 0. The van der Waals surface area contributed by atoms with Gasteiger partial charge < -0.3 is 0 Å². The molecule has 0 bridgehead atoms. The predicted octanol–water partition coefficient (Wildman–Crippen LogP) is 3.43. The molecule has 0 saturated carbocycles. The van der Waals surface area contributed by atoms with Crippen molar-refractivity contribution < 1.29 is 0 Å². The molecule has 0 spiro atoms. The molecule has 0 aromatic heterocycles. The summed E-state index contributed by atoms with van der Waals surface area (Å²) in [6.45, 7) is 11.1. The maximum absolute atomic E-state index is 6.12. The molecule has 11 heavy (non-hydrogen) atoms. The quantitative estimate of drug-likeness (QED) is 0.541. The molecule has 0 aromatic carbocycles. The predicted molar refractivity (Wildman–Crippen MR) is 53.0 cm³/mol. The van der Waals surface area contributed by atoms with Crippen molar-refractivity contribution in [1.82, 2.24) is 0 Å². The van der Waals surface area contributed by atoms with Crippen molar-refractivity contribution in [2.45, 2.75) is 52.8 Å². The summed E-state index contributed by atoms with van der Waals surface area (Å²) in [5, 5.41) is 0.0440. The van der Waals surface area contributed by atoms with Gasteiger partial charge in [-0.05, 0) is 11.8 Å². The summed E-state index contributed by atoms with van der Waals surface area (Å²) in [5.74, 6) is 1.42. The van der Waals surface area contributed by atoms with Gasteiger partial charge >= 0.3 is 0 Å². The molecule has 0 fully saturated rings. The van der Waals surface area contributed by atoms with E-state index in [0.29, 0.717) is 11.8 Å². The lowest BCUT2D eigenvalue weighted by Gasteiger charge is -2.29. The van der Waals surface area contributed by atoms with E-state index in [4.69, 9.17) is 7.85 Å². The Morgan fingerprint density at radius 2 is 1.27 bits per heavy atom. The Morgan fingerprint density at radius 3 is 1.45 bits per heavy atom. The lowest BCUT2D eigenvalue weighted by molar-refractivity contribution is 0.386. The molecule has 0 aromatic rings. The summed E-state index contributed by atoms with van der Waals surface area (Å²) in [4.78, 5) is 0. The van der Waals surface area contributed by atoms with Gasteiger partial charge in [-0.2, -0.15) is 0 Å². The monoisotopic (exact) mass is 152 g/mol. The molecule has 0 aliphatic carbocycles. The van der Waals surface area contributed by atoms with Crippen LogP contribution in [-0.2, 0) is 0 Å². The zero-order valence-electron chi connectivity index (χ0n) is 8.65. The third-order valence-electron chi connectivity index (χ3n) is 1.75. The molecule has 0 N–H and O–H groups in total. The summed E-state index contributed by atoms with van der Waals surface area (Å²) in [7, 11) is 6.12. The van der Waals surface area contributed by atoms with Crippen LogP contribution in [0.2, 0.25) is 5.31 Å². The highest BCUT2D eigenvalue weighted by Gasteiger charge is 2.19. The van der Waals surface area contributed by atoms with Crippen LogP contribution in [0.4, 0.5) is 0 Å². The van der Waals surface area contributed by atoms with Crippen molar-refractivity contribution in [3.63, 3.8) is 0 Å². The van der Waals surface area contributed by atoms with E-state index in [1.807, 2.05) is 0 Å². The largest absolute Gasteiger partial charge is 0.0742 e. The van der Waals surface area contributed by atoms with Crippen LogP contribution in [0.5, 0.6) is 0 Å². The summed E-state index contributed by atoms with van der Waals surface area (Å²) in [5.41, 5.74) is 0. The van der Waals surface area contributed by atoms with E-state index < -0.39 is 0 Å². The van der Waals surface area contributed by atoms with E-state index in [1.165, 1.54) is 0 Å². The van der Waals surface area contributed by atoms with Crippen LogP contribution < -0.4 is 0 Å². The highest BCUT2D eigenvalue weighted by Crippen LogP contribution is 2.36. The Morgan fingerprint density at radius 1 is 1.00 bits per heavy atom. The third kappa shape index (κ3) is 6.46. The Hall–Kier alpha value is 0.0649. The maximum atomic E-state index is 6.12.